The molecule has 0 radical (unpaired) electrons. The van der Waals surface area contributed by atoms with Crippen LogP contribution in [0.15, 0.2) is 24.3 Å². The summed E-state index contributed by atoms with van der Waals surface area (Å²) in [5.41, 5.74) is -0.479. The van der Waals surface area contributed by atoms with Crippen molar-refractivity contribution in [2.45, 2.75) is 33.1 Å². The van der Waals surface area contributed by atoms with E-state index in [0.29, 0.717) is 50.6 Å². The number of benzene rings is 1. The molecule has 25 heavy (non-hydrogen) atoms. The Morgan fingerprint density at radius 3 is 2.40 bits per heavy atom. The first kappa shape index (κ1) is 16.6. The summed E-state index contributed by atoms with van der Waals surface area (Å²) in [6.45, 7) is 6.46. The van der Waals surface area contributed by atoms with Crippen LogP contribution in [0.3, 0.4) is 0 Å². The number of para-hydroxylation sites is 1. The van der Waals surface area contributed by atoms with Crippen molar-refractivity contribution in [1.82, 2.24) is 4.90 Å². The van der Waals surface area contributed by atoms with E-state index in [1.165, 1.54) is 6.07 Å². The van der Waals surface area contributed by atoms with E-state index < -0.39 is 5.41 Å². The molecule has 2 unspecified atom stereocenters. The van der Waals surface area contributed by atoms with Crippen molar-refractivity contribution in [2.75, 3.05) is 31.1 Å². The van der Waals surface area contributed by atoms with Gasteiger partial charge in [0.15, 0.2) is 0 Å². The van der Waals surface area contributed by atoms with Gasteiger partial charge in [-0.1, -0.05) is 26.0 Å². The van der Waals surface area contributed by atoms with Gasteiger partial charge in [-0.2, -0.15) is 0 Å². The fraction of sp³-hybridized carbons (Fsp3) is 0.600. The fourth-order valence-corrected chi connectivity index (χ4v) is 5.31. The normalized spacial score (nSPS) is 30.8. The SMILES string of the molecule is CC1(C)C2CCC1(C(=O)N1CCN(c3ccccc3F)CC1)C(=O)C2. The van der Waals surface area contributed by atoms with Crippen molar-refractivity contribution in [3.8, 4) is 0 Å². The van der Waals surface area contributed by atoms with Crippen molar-refractivity contribution in [3.63, 3.8) is 0 Å². The number of hydrogen-bond donors (Lipinski definition) is 0. The van der Waals surface area contributed by atoms with E-state index in [-0.39, 0.29) is 22.9 Å². The average Bonchev–Trinajstić information content (AvgIpc) is 2.97. The number of hydrogen-bond acceptors (Lipinski definition) is 3. The molecule has 5 heteroatoms. The second-order valence-electron chi connectivity index (χ2n) is 8.22. The monoisotopic (exact) mass is 344 g/mol. The largest absolute Gasteiger partial charge is 0.366 e. The highest BCUT2D eigenvalue weighted by Gasteiger charge is 2.68. The molecule has 2 bridgehead atoms. The van der Waals surface area contributed by atoms with E-state index >= 15 is 0 Å². The van der Waals surface area contributed by atoms with Crippen LogP contribution >= 0.6 is 0 Å². The number of halogens is 1. The molecule has 1 heterocycles. The summed E-state index contributed by atoms with van der Waals surface area (Å²) in [5, 5.41) is 0. The number of carbonyl (C=O) groups excluding carboxylic acids is 2. The highest BCUT2D eigenvalue weighted by molar-refractivity contribution is 6.09. The highest BCUT2D eigenvalue weighted by Crippen LogP contribution is 2.64. The molecule has 0 N–H and O–H groups in total. The van der Waals surface area contributed by atoms with Gasteiger partial charge in [0.2, 0.25) is 5.91 Å². The molecule has 1 amide bonds. The smallest absolute Gasteiger partial charge is 0.236 e. The first-order valence-corrected chi connectivity index (χ1v) is 9.20. The van der Waals surface area contributed by atoms with Crippen molar-refractivity contribution in [2.24, 2.45) is 16.7 Å². The number of piperazine rings is 1. The first-order chi connectivity index (χ1) is 11.9. The maximum absolute atomic E-state index is 14.0. The zero-order chi connectivity index (χ0) is 17.8. The number of anilines is 1. The Labute approximate surface area is 148 Å². The Morgan fingerprint density at radius 1 is 1.16 bits per heavy atom. The molecule has 3 aliphatic rings. The predicted molar refractivity (Wildman–Crippen MR) is 93.8 cm³/mol. The second kappa shape index (κ2) is 5.55. The molecular formula is C20H25FN2O2. The van der Waals surface area contributed by atoms with Gasteiger partial charge in [-0.3, -0.25) is 9.59 Å². The van der Waals surface area contributed by atoms with Crippen molar-refractivity contribution in [1.29, 1.82) is 0 Å². The average molecular weight is 344 g/mol. The molecule has 4 rings (SSSR count). The lowest BCUT2D eigenvalue weighted by atomic mass is 9.68. The van der Waals surface area contributed by atoms with Gasteiger partial charge in [-0.25, -0.2) is 4.39 Å². The molecule has 1 aromatic carbocycles. The van der Waals surface area contributed by atoms with Gasteiger partial charge in [0.05, 0.1) is 5.69 Å². The van der Waals surface area contributed by atoms with Gasteiger partial charge in [-0.15, -0.1) is 0 Å². The summed E-state index contributed by atoms with van der Waals surface area (Å²) in [7, 11) is 0. The van der Waals surface area contributed by atoms with Crippen LogP contribution < -0.4 is 4.90 Å². The zero-order valence-corrected chi connectivity index (χ0v) is 14.9. The van der Waals surface area contributed by atoms with E-state index in [2.05, 4.69) is 13.8 Å². The summed E-state index contributed by atoms with van der Waals surface area (Å²) in [5.74, 6) is 0.251. The quantitative estimate of drug-likeness (QED) is 0.775. The number of amides is 1. The van der Waals surface area contributed by atoms with Crippen LogP contribution in [0.25, 0.3) is 0 Å². The lowest BCUT2D eigenvalue weighted by Crippen LogP contribution is -2.57. The third-order valence-electron chi connectivity index (χ3n) is 7.02. The molecule has 1 aromatic rings. The van der Waals surface area contributed by atoms with E-state index in [9.17, 15) is 14.0 Å². The van der Waals surface area contributed by atoms with Crippen molar-refractivity contribution in [3.05, 3.63) is 30.1 Å². The lowest BCUT2D eigenvalue weighted by Gasteiger charge is -2.43. The number of rotatable bonds is 2. The number of ketones is 1. The minimum absolute atomic E-state index is 0.00989. The van der Waals surface area contributed by atoms with Crippen LogP contribution in [0.2, 0.25) is 0 Å². The maximum Gasteiger partial charge on any atom is 0.236 e. The van der Waals surface area contributed by atoms with Gasteiger partial charge in [0.1, 0.15) is 17.0 Å². The van der Waals surface area contributed by atoms with Gasteiger partial charge in [-0.05, 0) is 36.3 Å². The van der Waals surface area contributed by atoms with Crippen LogP contribution in [-0.2, 0) is 9.59 Å². The van der Waals surface area contributed by atoms with Crippen LogP contribution in [0.4, 0.5) is 10.1 Å². The molecule has 1 saturated heterocycles. The molecular weight excluding hydrogens is 319 g/mol. The number of Topliss-reactive ketones (excluding diaryl/α,β-unsaturated/α-hetero) is 1. The topological polar surface area (TPSA) is 40.6 Å². The summed E-state index contributed by atoms with van der Waals surface area (Å²) in [4.78, 5) is 29.8. The molecule has 0 aromatic heterocycles. The minimum Gasteiger partial charge on any atom is -0.366 e. The molecule has 2 aliphatic carbocycles. The third kappa shape index (κ3) is 2.17. The Kier molecular flexibility index (Phi) is 3.67. The minimum atomic E-state index is -0.822. The standard InChI is InChI=1S/C20H25FN2O2/c1-19(2)14-7-8-20(19,17(24)13-14)18(25)23-11-9-22(10-12-23)16-6-4-3-5-15(16)21/h3-6,14H,7-13H2,1-2H3. The highest BCUT2D eigenvalue weighted by atomic mass is 19.1. The van der Waals surface area contributed by atoms with Gasteiger partial charge < -0.3 is 9.80 Å². The number of fused-ring (bicyclic) bond motifs is 2. The van der Waals surface area contributed by atoms with Crippen LogP contribution in [0.5, 0.6) is 0 Å². The van der Waals surface area contributed by atoms with E-state index in [4.69, 9.17) is 0 Å². The van der Waals surface area contributed by atoms with Crippen LogP contribution in [0.1, 0.15) is 33.1 Å². The van der Waals surface area contributed by atoms with E-state index in [1.807, 2.05) is 15.9 Å². The Hall–Kier alpha value is -1.91. The van der Waals surface area contributed by atoms with Gasteiger partial charge in [0.25, 0.3) is 0 Å². The molecule has 1 aliphatic heterocycles. The van der Waals surface area contributed by atoms with Gasteiger partial charge >= 0.3 is 0 Å². The second-order valence-corrected chi connectivity index (χ2v) is 8.22. The first-order valence-electron chi connectivity index (χ1n) is 9.20. The summed E-state index contributed by atoms with van der Waals surface area (Å²) < 4.78 is 14.0. The Balaban J connectivity index is 1.51. The van der Waals surface area contributed by atoms with Crippen molar-refractivity contribution < 1.29 is 14.0 Å². The Bertz CT molecular complexity index is 724. The predicted octanol–water partition coefficient (Wildman–Crippen LogP) is 2.87. The molecule has 0 spiro atoms. The van der Waals surface area contributed by atoms with Gasteiger partial charge in [0, 0.05) is 32.6 Å². The molecule has 2 atom stereocenters. The molecule has 2 saturated carbocycles. The zero-order valence-electron chi connectivity index (χ0n) is 14.9. The summed E-state index contributed by atoms with van der Waals surface area (Å²) in [6.07, 6.45) is 2.21. The summed E-state index contributed by atoms with van der Waals surface area (Å²) in [6, 6.07) is 6.75. The van der Waals surface area contributed by atoms with E-state index in [0.717, 1.165) is 6.42 Å². The fourth-order valence-electron chi connectivity index (χ4n) is 5.31. The third-order valence-corrected chi connectivity index (χ3v) is 7.02. The van der Waals surface area contributed by atoms with Crippen LogP contribution in [0, 0.1) is 22.6 Å². The number of nitrogens with zero attached hydrogens (tertiary/aromatic N) is 2. The lowest BCUT2D eigenvalue weighted by molar-refractivity contribution is -0.153. The molecule has 134 valence electrons. The van der Waals surface area contributed by atoms with Crippen LogP contribution in [-0.4, -0.2) is 42.8 Å². The number of carbonyl (C=O) groups is 2. The maximum atomic E-state index is 14.0. The molecule has 4 nitrogen and oxygen atoms in total. The summed E-state index contributed by atoms with van der Waals surface area (Å²) >= 11 is 0. The van der Waals surface area contributed by atoms with Crippen molar-refractivity contribution >= 4 is 17.4 Å². The Morgan fingerprint density at radius 2 is 1.84 bits per heavy atom. The molecule has 3 fully saturated rings. The van der Waals surface area contributed by atoms with E-state index in [1.54, 1.807) is 12.1 Å².